The zero-order valence-corrected chi connectivity index (χ0v) is 19.0. The van der Waals surface area contributed by atoms with E-state index in [1.807, 2.05) is 24.3 Å². The van der Waals surface area contributed by atoms with Crippen LogP contribution in [0.15, 0.2) is 48.6 Å². The molecule has 2 aromatic rings. The van der Waals surface area contributed by atoms with E-state index in [0.29, 0.717) is 11.5 Å². The maximum absolute atomic E-state index is 14.1. The summed E-state index contributed by atoms with van der Waals surface area (Å²) < 4.78 is 68.3. The SMILES string of the molecule is C/C=C/C1CCC2CC(c3ccc(C#Cc4ccc(OC(F)(F)F)c(F)c4F)cc3)CCC2C1. The molecule has 180 valence electrons. The van der Waals surface area contributed by atoms with E-state index in [0.717, 1.165) is 29.9 Å². The fraction of sp³-hybridized carbons (Fsp3) is 0.429. The molecule has 4 rings (SSSR count). The van der Waals surface area contributed by atoms with Crippen molar-refractivity contribution in [3.8, 4) is 17.6 Å². The van der Waals surface area contributed by atoms with E-state index in [2.05, 4.69) is 35.7 Å². The van der Waals surface area contributed by atoms with Gasteiger partial charge in [0.15, 0.2) is 11.6 Å². The van der Waals surface area contributed by atoms with Crippen molar-refractivity contribution < 1.29 is 26.7 Å². The van der Waals surface area contributed by atoms with Crippen LogP contribution in [0.4, 0.5) is 22.0 Å². The van der Waals surface area contributed by atoms with Gasteiger partial charge in [0, 0.05) is 5.56 Å². The molecule has 0 heterocycles. The third-order valence-electron chi connectivity index (χ3n) is 7.11. The minimum Gasteiger partial charge on any atom is -0.403 e. The number of halogens is 5. The second kappa shape index (κ2) is 10.2. The van der Waals surface area contributed by atoms with Gasteiger partial charge >= 0.3 is 6.36 Å². The van der Waals surface area contributed by atoms with Crippen LogP contribution in [0.25, 0.3) is 0 Å². The van der Waals surface area contributed by atoms with Gasteiger partial charge in [-0.1, -0.05) is 36.1 Å². The van der Waals surface area contributed by atoms with Crippen molar-refractivity contribution in [2.24, 2.45) is 17.8 Å². The molecule has 0 amide bonds. The number of ether oxygens (including phenoxy) is 1. The fourth-order valence-electron chi connectivity index (χ4n) is 5.49. The summed E-state index contributed by atoms with van der Waals surface area (Å²) in [6.45, 7) is 2.09. The molecule has 2 aliphatic carbocycles. The summed E-state index contributed by atoms with van der Waals surface area (Å²) in [6, 6.07) is 9.49. The first-order valence-electron chi connectivity index (χ1n) is 11.7. The second-order valence-corrected chi connectivity index (χ2v) is 9.29. The molecule has 6 heteroatoms. The van der Waals surface area contributed by atoms with E-state index < -0.39 is 23.7 Å². The Morgan fingerprint density at radius 1 is 0.853 bits per heavy atom. The van der Waals surface area contributed by atoms with Crippen molar-refractivity contribution in [2.75, 3.05) is 0 Å². The summed E-state index contributed by atoms with van der Waals surface area (Å²) in [5, 5.41) is 0. The Balaban J connectivity index is 1.41. The summed E-state index contributed by atoms with van der Waals surface area (Å²) in [6.07, 6.45) is 6.91. The van der Waals surface area contributed by atoms with Gasteiger partial charge < -0.3 is 4.74 Å². The fourth-order valence-corrected chi connectivity index (χ4v) is 5.49. The highest BCUT2D eigenvalue weighted by atomic mass is 19.4. The van der Waals surface area contributed by atoms with Crippen LogP contribution in [0.5, 0.6) is 5.75 Å². The molecular weight excluding hydrogens is 447 g/mol. The zero-order valence-electron chi connectivity index (χ0n) is 19.0. The van der Waals surface area contributed by atoms with Crippen LogP contribution in [0.2, 0.25) is 0 Å². The molecule has 4 atom stereocenters. The average molecular weight is 475 g/mol. The summed E-state index contributed by atoms with van der Waals surface area (Å²) >= 11 is 0. The molecule has 0 saturated heterocycles. The smallest absolute Gasteiger partial charge is 0.403 e. The zero-order chi connectivity index (χ0) is 24.3. The van der Waals surface area contributed by atoms with Gasteiger partial charge in [0.05, 0.1) is 5.56 Å². The Bertz CT molecular complexity index is 1090. The lowest BCUT2D eigenvalue weighted by atomic mass is 9.64. The number of alkyl halides is 3. The van der Waals surface area contributed by atoms with Crippen molar-refractivity contribution in [1.29, 1.82) is 0 Å². The van der Waals surface area contributed by atoms with Crippen molar-refractivity contribution in [3.05, 3.63) is 76.9 Å². The van der Waals surface area contributed by atoms with E-state index in [9.17, 15) is 22.0 Å². The Labute approximate surface area is 197 Å². The van der Waals surface area contributed by atoms with Crippen molar-refractivity contribution in [1.82, 2.24) is 0 Å². The largest absolute Gasteiger partial charge is 0.573 e. The van der Waals surface area contributed by atoms with Crippen LogP contribution >= 0.6 is 0 Å². The van der Waals surface area contributed by atoms with Crippen LogP contribution in [0.3, 0.4) is 0 Å². The molecule has 1 nitrogen and oxygen atoms in total. The van der Waals surface area contributed by atoms with Gasteiger partial charge in [0.2, 0.25) is 5.82 Å². The van der Waals surface area contributed by atoms with Gasteiger partial charge in [-0.3, -0.25) is 0 Å². The molecule has 34 heavy (non-hydrogen) atoms. The Kier molecular flexibility index (Phi) is 7.30. The van der Waals surface area contributed by atoms with Gasteiger partial charge in [-0.2, -0.15) is 4.39 Å². The van der Waals surface area contributed by atoms with E-state index in [1.165, 1.54) is 44.1 Å². The summed E-state index contributed by atoms with van der Waals surface area (Å²) in [7, 11) is 0. The molecule has 2 aromatic carbocycles. The normalized spacial score (nSPS) is 24.9. The minimum atomic E-state index is -5.10. The number of benzene rings is 2. The first-order valence-corrected chi connectivity index (χ1v) is 11.7. The second-order valence-electron chi connectivity index (χ2n) is 9.29. The molecule has 2 aliphatic rings. The summed E-state index contributed by atoms with van der Waals surface area (Å²) in [5.41, 5.74) is 1.56. The molecule has 4 unspecified atom stereocenters. The number of fused-ring (bicyclic) bond motifs is 1. The number of rotatable bonds is 3. The Hall–Kier alpha value is -2.81. The first-order chi connectivity index (χ1) is 16.2. The standard InChI is InChI=1S/C28H27F5O/c1-2-3-19-7-11-24-17-23(13-12-22(24)16-19)20-8-4-18(5-9-20)6-10-21-14-15-25(27(30)26(21)29)34-28(31,32)33/h2-5,8-9,14-15,19,22-24H,7,11-13,16-17H2,1H3/b3-2+. The maximum atomic E-state index is 14.1. The molecule has 0 aromatic heterocycles. The quantitative estimate of drug-likeness (QED) is 0.248. The minimum absolute atomic E-state index is 0.331. The van der Waals surface area contributed by atoms with Gasteiger partial charge in [-0.05, 0) is 98.9 Å². The Morgan fingerprint density at radius 3 is 2.26 bits per heavy atom. The highest BCUT2D eigenvalue weighted by Crippen LogP contribution is 2.47. The van der Waals surface area contributed by atoms with E-state index in [1.54, 1.807) is 0 Å². The number of allylic oxidation sites excluding steroid dienone is 2. The van der Waals surface area contributed by atoms with Crippen LogP contribution in [-0.2, 0) is 0 Å². The predicted octanol–water partition coefficient (Wildman–Crippen LogP) is 8.14. The summed E-state index contributed by atoms with van der Waals surface area (Å²) in [4.78, 5) is 0. The molecule has 0 radical (unpaired) electrons. The highest BCUT2D eigenvalue weighted by molar-refractivity contribution is 5.46. The predicted molar refractivity (Wildman–Crippen MR) is 121 cm³/mol. The van der Waals surface area contributed by atoms with Gasteiger partial charge in [0.25, 0.3) is 0 Å². The average Bonchev–Trinajstić information content (AvgIpc) is 2.81. The lowest BCUT2D eigenvalue weighted by Gasteiger charge is -2.41. The molecular formula is C28H27F5O. The van der Waals surface area contributed by atoms with Gasteiger partial charge in [0.1, 0.15) is 0 Å². The van der Waals surface area contributed by atoms with Crippen LogP contribution < -0.4 is 4.74 Å². The molecule has 0 aliphatic heterocycles. The monoisotopic (exact) mass is 474 g/mol. The lowest BCUT2D eigenvalue weighted by molar-refractivity contribution is -0.275. The lowest BCUT2D eigenvalue weighted by Crippen LogP contribution is -2.30. The highest BCUT2D eigenvalue weighted by Gasteiger charge is 2.35. The molecule has 0 bridgehead atoms. The van der Waals surface area contributed by atoms with Gasteiger partial charge in [-0.15, -0.1) is 13.2 Å². The molecule has 0 N–H and O–H groups in total. The van der Waals surface area contributed by atoms with Crippen LogP contribution in [-0.4, -0.2) is 6.36 Å². The van der Waals surface area contributed by atoms with Gasteiger partial charge in [-0.25, -0.2) is 4.39 Å². The van der Waals surface area contributed by atoms with Crippen molar-refractivity contribution >= 4 is 0 Å². The molecule has 2 saturated carbocycles. The molecule has 2 fully saturated rings. The number of hydrogen-bond acceptors (Lipinski definition) is 1. The number of hydrogen-bond donors (Lipinski definition) is 0. The van der Waals surface area contributed by atoms with Crippen molar-refractivity contribution in [2.45, 2.75) is 57.7 Å². The van der Waals surface area contributed by atoms with Crippen molar-refractivity contribution in [3.63, 3.8) is 0 Å². The van der Waals surface area contributed by atoms with Crippen LogP contribution in [0, 0.1) is 41.2 Å². The topological polar surface area (TPSA) is 9.23 Å². The van der Waals surface area contributed by atoms with E-state index >= 15 is 0 Å². The maximum Gasteiger partial charge on any atom is 0.573 e. The van der Waals surface area contributed by atoms with E-state index in [4.69, 9.17) is 0 Å². The van der Waals surface area contributed by atoms with Crippen LogP contribution in [0.1, 0.15) is 68.1 Å². The molecule has 0 spiro atoms. The third kappa shape index (κ3) is 5.81. The third-order valence-corrected chi connectivity index (χ3v) is 7.11. The Morgan fingerprint density at radius 2 is 1.56 bits per heavy atom. The summed E-state index contributed by atoms with van der Waals surface area (Å²) in [5.74, 6) is 3.72. The van der Waals surface area contributed by atoms with E-state index in [-0.39, 0.29) is 5.56 Å². The first kappa shape index (κ1) is 24.3.